The first-order chi connectivity index (χ1) is 7.65. The van der Waals surface area contributed by atoms with Crippen LogP contribution >= 0.6 is 0 Å². The number of hydrogen-bond acceptors (Lipinski definition) is 2. The highest BCUT2D eigenvalue weighted by atomic mass is 16.1. The minimum absolute atomic E-state index is 0.348. The van der Waals surface area contributed by atoms with E-state index >= 15 is 0 Å². The van der Waals surface area contributed by atoms with Crippen LogP contribution in [-0.2, 0) is 6.54 Å². The Hall–Kier alpha value is -1.35. The van der Waals surface area contributed by atoms with Crippen molar-refractivity contribution in [2.45, 2.75) is 26.3 Å². The summed E-state index contributed by atoms with van der Waals surface area (Å²) >= 11 is 0. The van der Waals surface area contributed by atoms with Gasteiger partial charge in [-0.15, -0.1) is 0 Å². The Balaban J connectivity index is 2.69. The lowest BCUT2D eigenvalue weighted by molar-refractivity contribution is 0.0998. The van der Waals surface area contributed by atoms with E-state index in [0.29, 0.717) is 5.56 Å². The van der Waals surface area contributed by atoms with E-state index in [0.717, 1.165) is 18.7 Å². The van der Waals surface area contributed by atoms with Crippen LogP contribution in [0.25, 0.3) is 0 Å². The summed E-state index contributed by atoms with van der Waals surface area (Å²) in [5, 5.41) is 0. The summed E-state index contributed by atoms with van der Waals surface area (Å²) in [5.41, 5.74) is 6.97. The first-order valence-corrected chi connectivity index (χ1v) is 5.71. The van der Waals surface area contributed by atoms with Gasteiger partial charge >= 0.3 is 0 Å². The van der Waals surface area contributed by atoms with Crippen molar-refractivity contribution in [3.8, 4) is 0 Å². The molecule has 1 amide bonds. The minimum Gasteiger partial charge on any atom is -0.366 e. The second-order valence-electron chi connectivity index (χ2n) is 4.11. The molecule has 1 aromatic rings. The van der Waals surface area contributed by atoms with Crippen molar-refractivity contribution in [2.24, 2.45) is 5.73 Å². The van der Waals surface area contributed by atoms with Gasteiger partial charge in [-0.2, -0.15) is 0 Å². The molecule has 0 atom stereocenters. The average Bonchev–Trinajstić information content (AvgIpc) is 2.27. The van der Waals surface area contributed by atoms with Gasteiger partial charge < -0.3 is 10.6 Å². The number of unbranched alkanes of at least 4 members (excludes halogenated alkanes) is 1. The zero-order valence-corrected chi connectivity index (χ0v) is 10.1. The Morgan fingerprint density at radius 3 is 2.69 bits per heavy atom. The van der Waals surface area contributed by atoms with Crippen LogP contribution in [0.2, 0.25) is 0 Å². The van der Waals surface area contributed by atoms with Crippen LogP contribution in [0.15, 0.2) is 24.3 Å². The highest BCUT2D eigenvalue weighted by Gasteiger charge is 2.08. The van der Waals surface area contributed by atoms with Gasteiger partial charge in [0.15, 0.2) is 0 Å². The number of hydrogen-bond donors (Lipinski definition) is 1. The minimum atomic E-state index is -0.348. The molecule has 1 rings (SSSR count). The largest absolute Gasteiger partial charge is 0.366 e. The molecule has 1 aromatic carbocycles. The van der Waals surface area contributed by atoms with Gasteiger partial charge in [-0.3, -0.25) is 4.79 Å². The number of rotatable bonds is 6. The molecule has 0 aliphatic rings. The average molecular weight is 220 g/mol. The number of carbonyl (C=O) groups is 1. The van der Waals surface area contributed by atoms with Crippen LogP contribution in [0.1, 0.15) is 35.7 Å². The molecule has 0 fully saturated rings. The number of benzene rings is 1. The standard InChI is InChI=1S/C13H20N2O/c1-3-4-9-15(2)10-11-7-5-6-8-12(11)13(14)16/h5-8H,3-4,9-10H2,1-2H3,(H2,14,16). The smallest absolute Gasteiger partial charge is 0.249 e. The summed E-state index contributed by atoms with van der Waals surface area (Å²) < 4.78 is 0. The third kappa shape index (κ3) is 3.66. The summed E-state index contributed by atoms with van der Waals surface area (Å²) in [6.07, 6.45) is 2.36. The van der Waals surface area contributed by atoms with E-state index < -0.39 is 0 Å². The van der Waals surface area contributed by atoms with Gasteiger partial charge in [0.25, 0.3) is 0 Å². The molecule has 0 saturated carbocycles. The molecule has 0 heterocycles. The zero-order chi connectivity index (χ0) is 12.0. The van der Waals surface area contributed by atoms with E-state index in [1.165, 1.54) is 12.8 Å². The van der Waals surface area contributed by atoms with Gasteiger partial charge in [-0.05, 0) is 31.6 Å². The zero-order valence-electron chi connectivity index (χ0n) is 10.1. The fraction of sp³-hybridized carbons (Fsp3) is 0.462. The molecule has 0 aliphatic heterocycles. The molecule has 3 nitrogen and oxygen atoms in total. The van der Waals surface area contributed by atoms with Crippen LogP contribution in [-0.4, -0.2) is 24.4 Å². The topological polar surface area (TPSA) is 46.3 Å². The predicted molar refractivity (Wildman–Crippen MR) is 66.2 cm³/mol. The first-order valence-electron chi connectivity index (χ1n) is 5.71. The summed E-state index contributed by atoms with van der Waals surface area (Å²) in [6, 6.07) is 7.53. The highest BCUT2D eigenvalue weighted by Crippen LogP contribution is 2.10. The Morgan fingerprint density at radius 2 is 2.06 bits per heavy atom. The van der Waals surface area contributed by atoms with Gasteiger partial charge in [0.05, 0.1) is 0 Å². The second kappa shape index (κ2) is 6.28. The summed E-state index contributed by atoms with van der Waals surface area (Å²) in [7, 11) is 2.06. The van der Waals surface area contributed by atoms with E-state index in [2.05, 4.69) is 18.9 Å². The van der Waals surface area contributed by atoms with Crippen molar-refractivity contribution in [1.82, 2.24) is 4.90 Å². The van der Waals surface area contributed by atoms with Crippen LogP contribution in [0.3, 0.4) is 0 Å². The summed E-state index contributed by atoms with van der Waals surface area (Å²) in [6.45, 7) is 3.99. The van der Waals surface area contributed by atoms with Gasteiger partial charge in [-0.25, -0.2) is 0 Å². The number of nitrogens with two attached hydrogens (primary N) is 1. The van der Waals surface area contributed by atoms with Crippen molar-refractivity contribution in [3.63, 3.8) is 0 Å². The third-order valence-corrected chi connectivity index (χ3v) is 2.62. The number of amides is 1. The van der Waals surface area contributed by atoms with Crippen LogP contribution in [0, 0.1) is 0 Å². The molecule has 0 radical (unpaired) electrons. The molecular formula is C13H20N2O. The maximum Gasteiger partial charge on any atom is 0.249 e. The number of primary amides is 1. The lowest BCUT2D eigenvalue weighted by Gasteiger charge is -2.17. The van der Waals surface area contributed by atoms with E-state index in [4.69, 9.17) is 5.73 Å². The van der Waals surface area contributed by atoms with Crippen molar-refractivity contribution in [1.29, 1.82) is 0 Å². The molecule has 0 aromatic heterocycles. The van der Waals surface area contributed by atoms with Crippen molar-refractivity contribution >= 4 is 5.91 Å². The summed E-state index contributed by atoms with van der Waals surface area (Å²) in [5.74, 6) is -0.348. The maximum atomic E-state index is 11.2. The predicted octanol–water partition coefficient (Wildman–Crippen LogP) is 2.02. The lowest BCUT2D eigenvalue weighted by Crippen LogP contribution is -2.22. The van der Waals surface area contributed by atoms with E-state index in [1.54, 1.807) is 6.07 Å². The Kier molecular flexibility index (Phi) is 4.99. The molecule has 16 heavy (non-hydrogen) atoms. The molecular weight excluding hydrogens is 200 g/mol. The molecule has 3 heteroatoms. The van der Waals surface area contributed by atoms with Gasteiger partial charge in [0.1, 0.15) is 0 Å². The second-order valence-corrected chi connectivity index (χ2v) is 4.11. The van der Waals surface area contributed by atoms with Crippen LogP contribution in [0.5, 0.6) is 0 Å². The monoisotopic (exact) mass is 220 g/mol. The lowest BCUT2D eigenvalue weighted by atomic mass is 10.1. The Morgan fingerprint density at radius 1 is 1.38 bits per heavy atom. The van der Waals surface area contributed by atoms with Crippen LogP contribution < -0.4 is 5.73 Å². The van der Waals surface area contributed by atoms with E-state index in [1.807, 2.05) is 18.2 Å². The maximum absolute atomic E-state index is 11.2. The molecule has 0 spiro atoms. The van der Waals surface area contributed by atoms with Gasteiger partial charge in [0, 0.05) is 12.1 Å². The van der Waals surface area contributed by atoms with E-state index in [-0.39, 0.29) is 5.91 Å². The molecule has 0 bridgehead atoms. The molecule has 2 N–H and O–H groups in total. The number of carbonyl (C=O) groups excluding carboxylic acids is 1. The van der Waals surface area contributed by atoms with E-state index in [9.17, 15) is 4.79 Å². The molecule has 0 unspecified atom stereocenters. The van der Waals surface area contributed by atoms with Gasteiger partial charge in [-0.1, -0.05) is 31.5 Å². The molecule has 0 aliphatic carbocycles. The molecule has 0 saturated heterocycles. The first kappa shape index (κ1) is 12.7. The quantitative estimate of drug-likeness (QED) is 0.797. The van der Waals surface area contributed by atoms with Crippen molar-refractivity contribution in [3.05, 3.63) is 35.4 Å². The Labute approximate surface area is 97.2 Å². The van der Waals surface area contributed by atoms with Crippen molar-refractivity contribution < 1.29 is 4.79 Å². The van der Waals surface area contributed by atoms with Gasteiger partial charge in [0.2, 0.25) is 5.91 Å². The number of nitrogens with zero attached hydrogens (tertiary/aromatic N) is 1. The SMILES string of the molecule is CCCCN(C)Cc1ccccc1C(N)=O. The highest BCUT2D eigenvalue weighted by molar-refractivity contribution is 5.94. The Bertz CT molecular complexity index is 350. The fourth-order valence-electron chi connectivity index (χ4n) is 1.70. The normalized spacial score (nSPS) is 10.7. The molecule has 88 valence electrons. The van der Waals surface area contributed by atoms with Crippen molar-refractivity contribution in [2.75, 3.05) is 13.6 Å². The fourth-order valence-corrected chi connectivity index (χ4v) is 1.70. The van der Waals surface area contributed by atoms with Crippen LogP contribution in [0.4, 0.5) is 0 Å². The third-order valence-electron chi connectivity index (χ3n) is 2.62. The summed E-state index contributed by atoms with van der Waals surface area (Å²) in [4.78, 5) is 13.4.